The largest absolute Gasteiger partial charge is 0.279 e. The number of fused-ring (bicyclic) bond motifs is 1. The van der Waals surface area contributed by atoms with Crippen LogP contribution in [0.3, 0.4) is 0 Å². The maximum Gasteiger partial charge on any atom is 0.279 e. The Balaban J connectivity index is 2.22. The summed E-state index contributed by atoms with van der Waals surface area (Å²) >= 11 is 1.31. The van der Waals surface area contributed by atoms with Crippen LogP contribution >= 0.6 is 11.3 Å². The molecule has 1 aromatic heterocycles. The summed E-state index contributed by atoms with van der Waals surface area (Å²) in [6.45, 7) is 1.80. The van der Waals surface area contributed by atoms with Crippen molar-refractivity contribution in [3.63, 3.8) is 0 Å². The first-order valence-corrected chi connectivity index (χ1v) is 6.68. The Kier molecular flexibility index (Phi) is 2.94. The van der Waals surface area contributed by atoms with Gasteiger partial charge in [-0.25, -0.2) is 9.37 Å². The summed E-state index contributed by atoms with van der Waals surface area (Å²) in [5.74, 6) is -0.368. The van der Waals surface area contributed by atoms with Gasteiger partial charge < -0.3 is 0 Å². The molecule has 0 aliphatic rings. The van der Waals surface area contributed by atoms with Crippen LogP contribution in [0.15, 0.2) is 36.4 Å². The number of aromatic nitrogens is 1. The third-order valence-corrected chi connectivity index (χ3v) is 4.00. The van der Waals surface area contributed by atoms with E-state index in [1.807, 2.05) is 0 Å². The number of halogens is 1. The molecule has 0 fully saturated rings. The molecular formula is C14H9FN2O2S. The van der Waals surface area contributed by atoms with E-state index >= 15 is 0 Å². The Hall–Kier alpha value is -2.34. The van der Waals surface area contributed by atoms with E-state index in [0.29, 0.717) is 16.1 Å². The molecule has 0 amide bonds. The Morgan fingerprint density at radius 2 is 2.05 bits per heavy atom. The molecule has 0 aliphatic heterocycles. The highest BCUT2D eigenvalue weighted by Crippen LogP contribution is 2.36. The van der Waals surface area contributed by atoms with Crippen LogP contribution in [0, 0.1) is 22.9 Å². The van der Waals surface area contributed by atoms with Gasteiger partial charge in [0.25, 0.3) is 5.69 Å². The topological polar surface area (TPSA) is 56.0 Å². The third-order valence-electron chi connectivity index (χ3n) is 2.93. The minimum atomic E-state index is -0.422. The average molecular weight is 288 g/mol. The highest BCUT2D eigenvalue weighted by molar-refractivity contribution is 7.21. The van der Waals surface area contributed by atoms with Crippen molar-refractivity contribution in [2.45, 2.75) is 6.92 Å². The van der Waals surface area contributed by atoms with Crippen LogP contribution in [-0.4, -0.2) is 9.91 Å². The van der Waals surface area contributed by atoms with Crippen molar-refractivity contribution in [3.05, 3.63) is 57.9 Å². The first-order chi connectivity index (χ1) is 9.54. The molecule has 0 saturated heterocycles. The smallest absolute Gasteiger partial charge is 0.258 e. The highest BCUT2D eigenvalue weighted by Gasteiger charge is 2.18. The molecule has 3 rings (SSSR count). The molecule has 4 nitrogen and oxygen atoms in total. The number of rotatable bonds is 2. The second-order valence-corrected chi connectivity index (χ2v) is 5.44. The van der Waals surface area contributed by atoms with E-state index in [2.05, 4.69) is 4.98 Å². The van der Waals surface area contributed by atoms with Crippen LogP contribution in [0.2, 0.25) is 0 Å². The second kappa shape index (κ2) is 4.64. The summed E-state index contributed by atoms with van der Waals surface area (Å²) in [6.07, 6.45) is 0. The average Bonchev–Trinajstić information content (AvgIpc) is 2.81. The van der Waals surface area contributed by atoms with Crippen LogP contribution in [0.25, 0.3) is 20.8 Å². The number of thiazole rings is 1. The van der Waals surface area contributed by atoms with Gasteiger partial charge in [-0.05, 0) is 30.7 Å². The molecule has 20 heavy (non-hydrogen) atoms. The summed E-state index contributed by atoms with van der Waals surface area (Å²) in [7, 11) is 0. The van der Waals surface area contributed by atoms with Crippen molar-refractivity contribution in [1.29, 1.82) is 0 Å². The van der Waals surface area contributed by atoms with Gasteiger partial charge in [0.2, 0.25) is 0 Å². The number of benzene rings is 2. The van der Waals surface area contributed by atoms with E-state index < -0.39 is 4.92 Å². The second-order valence-electron chi connectivity index (χ2n) is 4.41. The normalized spacial score (nSPS) is 10.9. The van der Waals surface area contributed by atoms with Gasteiger partial charge in [-0.15, -0.1) is 11.3 Å². The van der Waals surface area contributed by atoms with Crippen LogP contribution < -0.4 is 0 Å². The molecule has 0 unspecified atom stereocenters. The van der Waals surface area contributed by atoms with Crippen molar-refractivity contribution in [3.8, 4) is 10.6 Å². The summed E-state index contributed by atoms with van der Waals surface area (Å²) in [6, 6.07) is 9.31. The fourth-order valence-corrected chi connectivity index (χ4v) is 2.97. The lowest BCUT2D eigenvalue weighted by molar-refractivity contribution is -0.384. The fourth-order valence-electron chi connectivity index (χ4n) is 1.99. The maximum absolute atomic E-state index is 13.2. The zero-order valence-electron chi connectivity index (χ0n) is 10.5. The van der Waals surface area contributed by atoms with Crippen molar-refractivity contribution in [2.24, 2.45) is 0 Å². The van der Waals surface area contributed by atoms with E-state index in [1.54, 1.807) is 25.1 Å². The van der Waals surface area contributed by atoms with Crippen molar-refractivity contribution in [1.82, 2.24) is 4.98 Å². The van der Waals surface area contributed by atoms with Crippen LogP contribution in [0.4, 0.5) is 10.1 Å². The summed E-state index contributed by atoms with van der Waals surface area (Å²) in [5.41, 5.74) is 1.80. The molecule has 3 aromatic rings. The van der Waals surface area contributed by atoms with Gasteiger partial charge in [0.15, 0.2) is 0 Å². The zero-order chi connectivity index (χ0) is 14.3. The third kappa shape index (κ3) is 2.14. The van der Waals surface area contributed by atoms with Gasteiger partial charge >= 0.3 is 0 Å². The predicted octanol–water partition coefficient (Wildman–Crippen LogP) is 4.32. The van der Waals surface area contributed by atoms with Gasteiger partial charge in [0.1, 0.15) is 10.8 Å². The molecule has 0 spiro atoms. The molecule has 2 aromatic carbocycles. The molecule has 0 saturated carbocycles. The Bertz CT molecular complexity index is 829. The lowest BCUT2D eigenvalue weighted by Crippen LogP contribution is -1.92. The highest BCUT2D eigenvalue weighted by atomic mass is 32.1. The van der Waals surface area contributed by atoms with Gasteiger partial charge in [-0.2, -0.15) is 0 Å². The Morgan fingerprint density at radius 1 is 1.25 bits per heavy atom. The summed E-state index contributed by atoms with van der Waals surface area (Å²) in [5, 5.41) is 11.7. The standard InChI is InChI=1S/C14H9FN2O2S/c1-8-2-4-10(12(6-8)17(18)19)14-16-11-7-9(15)3-5-13(11)20-14/h2-7H,1H3. The lowest BCUT2D eigenvalue weighted by Gasteiger charge is -2.00. The SMILES string of the molecule is Cc1ccc(-c2nc3cc(F)ccc3s2)c([N+](=O)[O-])c1. The van der Waals surface area contributed by atoms with Crippen molar-refractivity contribution < 1.29 is 9.31 Å². The molecule has 0 N–H and O–H groups in total. The number of nitrogens with zero attached hydrogens (tertiary/aromatic N) is 2. The first kappa shape index (κ1) is 12.7. The molecule has 0 bridgehead atoms. The quantitative estimate of drug-likeness (QED) is 0.521. The number of nitro groups is 1. The number of nitro benzene ring substituents is 1. The lowest BCUT2D eigenvalue weighted by atomic mass is 10.1. The van der Waals surface area contributed by atoms with E-state index in [9.17, 15) is 14.5 Å². The minimum Gasteiger partial charge on any atom is -0.258 e. The van der Waals surface area contributed by atoms with Gasteiger partial charge in [-0.3, -0.25) is 10.1 Å². The molecule has 1 heterocycles. The zero-order valence-corrected chi connectivity index (χ0v) is 11.3. The molecule has 0 aliphatic carbocycles. The minimum absolute atomic E-state index is 0.0181. The number of aryl methyl sites for hydroxylation is 1. The van der Waals surface area contributed by atoms with Gasteiger partial charge in [0, 0.05) is 12.1 Å². The van der Waals surface area contributed by atoms with Crippen molar-refractivity contribution >= 4 is 27.2 Å². The Morgan fingerprint density at radius 3 is 2.80 bits per heavy atom. The van der Waals surface area contributed by atoms with Crippen LogP contribution in [-0.2, 0) is 0 Å². The predicted molar refractivity (Wildman–Crippen MR) is 76.4 cm³/mol. The van der Waals surface area contributed by atoms with Crippen LogP contribution in [0.1, 0.15) is 5.56 Å². The molecule has 0 radical (unpaired) electrons. The van der Waals surface area contributed by atoms with E-state index in [1.165, 1.54) is 29.5 Å². The van der Waals surface area contributed by atoms with E-state index in [4.69, 9.17) is 0 Å². The molecule has 6 heteroatoms. The van der Waals surface area contributed by atoms with E-state index in [0.717, 1.165) is 10.3 Å². The number of hydrogen-bond acceptors (Lipinski definition) is 4. The monoisotopic (exact) mass is 288 g/mol. The van der Waals surface area contributed by atoms with Crippen LogP contribution in [0.5, 0.6) is 0 Å². The van der Waals surface area contributed by atoms with E-state index in [-0.39, 0.29) is 11.5 Å². The van der Waals surface area contributed by atoms with Gasteiger partial charge in [0.05, 0.1) is 20.7 Å². The van der Waals surface area contributed by atoms with Crippen molar-refractivity contribution in [2.75, 3.05) is 0 Å². The summed E-state index contributed by atoms with van der Waals surface area (Å²) < 4.78 is 14.0. The summed E-state index contributed by atoms with van der Waals surface area (Å²) in [4.78, 5) is 15.0. The maximum atomic E-state index is 13.2. The molecule has 0 atom stereocenters. The number of hydrogen-bond donors (Lipinski definition) is 0. The molecule has 100 valence electrons. The first-order valence-electron chi connectivity index (χ1n) is 5.86. The van der Waals surface area contributed by atoms with Gasteiger partial charge in [-0.1, -0.05) is 6.07 Å². The fraction of sp³-hybridized carbons (Fsp3) is 0.0714. The Labute approximate surface area is 117 Å². The molecular weight excluding hydrogens is 279 g/mol.